The van der Waals surface area contributed by atoms with Crippen LogP contribution in [0.15, 0.2) is 12.7 Å². The van der Waals surface area contributed by atoms with E-state index in [4.69, 9.17) is 0 Å². The highest BCUT2D eigenvalue weighted by Gasteiger charge is 2.26. The predicted molar refractivity (Wildman–Crippen MR) is 37.7 cm³/mol. The summed E-state index contributed by atoms with van der Waals surface area (Å²) in [7, 11) is 0. The van der Waals surface area contributed by atoms with Crippen LogP contribution >= 0.6 is 0 Å². The summed E-state index contributed by atoms with van der Waals surface area (Å²) in [6, 6.07) is 0. The van der Waals surface area contributed by atoms with Crippen molar-refractivity contribution in [3.8, 4) is 0 Å². The smallest absolute Gasteiger partial charge is 0.390 e. The summed E-state index contributed by atoms with van der Waals surface area (Å²) in [6.07, 6.45) is 0.982. The van der Waals surface area contributed by atoms with Gasteiger partial charge in [-0.2, -0.15) is 0 Å². The van der Waals surface area contributed by atoms with E-state index in [-0.39, 0.29) is 13.2 Å². The second kappa shape index (κ2) is 3.00. The Morgan fingerprint density at radius 1 is 1.82 bits per heavy atom. The first-order valence-corrected chi connectivity index (χ1v) is 3.31. The zero-order valence-electron chi connectivity index (χ0n) is 6.08. The van der Waals surface area contributed by atoms with E-state index in [0.717, 1.165) is 6.08 Å². The van der Waals surface area contributed by atoms with Gasteiger partial charge >= 0.3 is 5.97 Å². The van der Waals surface area contributed by atoms with Crippen LogP contribution in [0.25, 0.3) is 0 Å². The zero-order valence-corrected chi connectivity index (χ0v) is 6.08. The van der Waals surface area contributed by atoms with Crippen LogP contribution in [0.5, 0.6) is 0 Å². The van der Waals surface area contributed by atoms with Gasteiger partial charge in [0.1, 0.15) is 6.54 Å². The maximum atomic E-state index is 11.3. The Labute approximate surface area is 64.4 Å². The number of hydrogen-bond donors (Lipinski definition) is 1. The van der Waals surface area contributed by atoms with Crippen LogP contribution in [0.2, 0.25) is 0 Å². The molecule has 5 nitrogen and oxygen atoms in total. The maximum absolute atomic E-state index is 11.3. The van der Waals surface area contributed by atoms with E-state index in [0.29, 0.717) is 6.54 Å². The second-order valence-electron chi connectivity index (χ2n) is 2.31. The average Bonchev–Trinajstić information content (AvgIpc) is 2.36. The van der Waals surface area contributed by atoms with E-state index in [2.05, 4.69) is 16.7 Å². The van der Waals surface area contributed by atoms with Gasteiger partial charge in [-0.05, 0) is 0 Å². The van der Waals surface area contributed by atoms with Crippen molar-refractivity contribution in [3.05, 3.63) is 17.9 Å². The van der Waals surface area contributed by atoms with Crippen LogP contribution < -0.4 is 5.32 Å². The summed E-state index contributed by atoms with van der Waals surface area (Å²) < 4.78 is 0. The highest BCUT2D eigenvalue weighted by Crippen LogP contribution is 2.08. The molecule has 62 valence electrons. The fourth-order valence-electron chi connectivity index (χ4n) is 0.857. The van der Waals surface area contributed by atoms with Crippen LogP contribution in [0.4, 0.5) is 0 Å². The first-order valence-electron chi connectivity index (χ1n) is 3.31. The van der Waals surface area contributed by atoms with Crippen molar-refractivity contribution in [2.75, 3.05) is 19.8 Å². The molecule has 0 bridgehead atoms. The molecule has 5 heteroatoms. The number of hydroxylamine groups is 4. The first kappa shape index (κ1) is 8.19. The zero-order chi connectivity index (χ0) is 8.32. The molecular weight excluding hydrogens is 148 g/mol. The molecule has 1 rings (SSSR count). The largest absolute Gasteiger partial charge is 0.588 e. The van der Waals surface area contributed by atoms with Crippen molar-refractivity contribution in [2.45, 2.75) is 0 Å². The Balaban J connectivity index is 2.45. The number of nitrogens with zero attached hydrogens (tertiary/aromatic N) is 1. The summed E-state index contributed by atoms with van der Waals surface area (Å²) in [5.74, 6) is -0.677. The van der Waals surface area contributed by atoms with Gasteiger partial charge in [0.05, 0.1) is 6.54 Å². The Morgan fingerprint density at radius 2 is 2.55 bits per heavy atom. The number of carbonyl (C=O) groups is 1. The molecule has 0 spiro atoms. The van der Waals surface area contributed by atoms with E-state index in [9.17, 15) is 10.0 Å². The van der Waals surface area contributed by atoms with Gasteiger partial charge in [0.2, 0.25) is 0 Å². The molecule has 1 fully saturated rings. The minimum Gasteiger partial charge on any atom is -0.588 e. The molecule has 1 aliphatic heterocycles. The lowest BCUT2D eigenvalue weighted by Gasteiger charge is -2.31. The molecule has 0 aliphatic carbocycles. The van der Waals surface area contributed by atoms with E-state index < -0.39 is 10.8 Å². The molecule has 0 aromatic heterocycles. The van der Waals surface area contributed by atoms with Crippen molar-refractivity contribution in [2.24, 2.45) is 0 Å². The molecule has 0 radical (unpaired) electrons. The van der Waals surface area contributed by atoms with Crippen molar-refractivity contribution in [1.29, 1.82) is 0 Å². The van der Waals surface area contributed by atoms with Crippen LogP contribution in [0, 0.1) is 5.21 Å². The SMILES string of the molecule is C=CC(=O)O[N+]1([O-])CCNC1. The molecule has 1 atom stereocenters. The summed E-state index contributed by atoms with van der Waals surface area (Å²) in [6.45, 7) is 4.16. The third-order valence-corrected chi connectivity index (χ3v) is 1.40. The Bertz CT molecular complexity index is 175. The Morgan fingerprint density at radius 3 is 3.00 bits per heavy atom. The number of quaternary nitrogens is 1. The molecule has 1 N–H and O–H groups in total. The monoisotopic (exact) mass is 158 g/mol. The topological polar surface area (TPSA) is 61.4 Å². The molecule has 1 aliphatic rings. The van der Waals surface area contributed by atoms with Gasteiger partial charge in [-0.3, -0.25) is 10.2 Å². The van der Waals surface area contributed by atoms with Crippen LogP contribution in [0.1, 0.15) is 0 Å². The molecule has 1 heterocycles. The summed E-state index contributed by atoms with van der Waals surface area (Å²) in [4.78, 5) is 14.2. The maximum Gasteiger partial charge on any atom is 0.390 e. The summed E-state index contributed by atoms with van der Waals surface area (Å²) >= 11 is 0. The van der Waals surface area contributed by atoms with Gasteiger partial charge in [-0.25, -0.2) is 4.79 Å². The minimum absolute atomic E-state index is 0.125. The lowest BCUT2D eigenvalue weighted by atomic mass is 10.7. The predicted octanol–water partition coefficient (Wildman–Crippen LogP) is -0.494. The normalized spacial score (nSPS) is 29.9. The van der Waals surface area contributed by atoms with E-state index in [1.807, 2.05) is 0 Å². The summed E-state index contributed by atoms with van der Waals surface area (Å²) in [5, 5.41) is 14.0. The quantitative estimate of drug-likeness (QED) is 0.334. The standard InChI is InChI=1S/C6H10N2O3/c1-2-6(9)11-8(10)4-3-7-5-8/h2,7H,1,3-5H2. The molecule has 1 unspecified atom stereocenters. The van der Waals surface area contributed by atoms with Crippen LogP contribution in [0.3, 0.4) is 0 Å². The van der Waals surface area contributed by atoms with E-state index >= 15 is 0 Å². The van der Waals surface area contributed by atoms with Gasteiger partial charge in [0.15, 0.2) is 6.67 Å². The minimum atomic E-state index is -0.940. The van der Waals surface area contributed by atoms with E-state index in [1.165, 1.54) is 0 Å². The van der Waals surface area contributed by atoms with Crippen LogP contribution in [-0.4, -0.2) is 30.5 Å². The van der Waals surface area contributed by atoms with Crippen molar-refractivity contribution in [1.82, 2.24) is 5.32 Å². The number of rotatable bonds is 2. The second-order valence-corrected chi connectivity index (χ2v) is 2.31. The molecule has 0 amide bonds. The Hall–Kier alpha value is -0.910. The molecule has 1 saturated heterocycles. The first-order chi connectivity index (χ1) is 5.16. The molecule has 11 heavy (non-hydrogen) atoms. The molecule has 0 aromatic carbocycles. The fraction of sp³-hybridized carbons (Fsp3) is 0.500. The summed E-state index contributed by atoms with van der Waals surface area (Å²) in [5.41, 5.74) is 0. The van der Waals surface area contributed by atoms with Gasteiger partial charge in [-0.1, -0.05) is 6.58 Å². The lowest BCUT2D eigenvalue weighted by molar-refractivity contribution is -1.04. The van der Waals surface area contributed by atoms with Crippen molar-refractivity contribution in [3.63, 3.8) is 0 Å². The lowest BCUT2D eigenvalue weighted by Crippen LogP contribution is -2.42. The number of nitrogens with one attached hydrogen (secondary N) is 1. The van der Waals surface area contributed by atoms with Gasteiger partial charge < -0.3 is 5.21 Å². The number of hydrogen-bond acceptors (Lipinski definition) is 4. The number of carbonyl (C=O) groups excluding carboxylic acids is 1. The van der Waals surface area contributed by atoms with Crippen molar-refractivity contribution < 1.29 is 14.4 Å². The van der Waals surface area contributed by atoms with Gasteiger partial charge in [-0.15, -0.1) is 4.81 Å². The highest BCUT2D eigenvalue weighted by atomic mass is 16.9. The van der Waals surface area contributed by atoms with Crippen LogP contribution in [-0.2, 0) is 9.63 Å². The van der Waals surface area contributed by atoms with E-state index in [1.54, 1.807) is 0 Å². The van der Waals surface area contributed by atoms with Crippen molar-refractivity contribution >= 4 is 5.97 Å². The molecule has 0 aromatic rings. The van der Waals surface area contributed by atoms with Gasteiger partial charge in [0, 0.05) is 6.08 Å². The third kappa shape index (κ3) is 2.01. The molecule has 0 saturated carbocycles. The average molecular weight is 158 g/mol. The highest BCUT2D eigenvalue weighted by molar-refractivity contribution is 5.80. The third-order valence-electron chi connectivity index (χ3n) is 1.40. The Kier molecular flexibility index (Phi) is 2.23. The van der Waals surface area contributed by atoms with Gasteiger partial charge in [0.25, 0.3) is 0 Å². The molecular formula is C6H10N2O3. The fourth-order valence-corrected chi connectivity index (χ4v) is 0.857.